The summed E-state index contributed by atoms with van der Waals surface area (Å²) >= 11 is 4.49. The lowest BCUT2D eigenvalue weighted by Crippen LogP contribution is -2.41. The second kappa shape index (κ2) is 8.85. The van der Waals surface area contributed by atoms with Crippen LogP contribution in [0.25, 0.3) is 10.2 Å². The number of carbonyl (C=O) groups is 1. The van der Waals surface area contributed by atoms with E-state index in [0.717, 1.165) is 31.6 Å². The summed E-state index contributed by atoms with van der Waals surface area (Å²) in [5.41, 5.74) is 2.21. The number of thiazole rings is 1. The van der Waals surface area contributed by atoms with Crippen LogP contribution in [0.2, 0.25) is 0 Å². The smallest absolute Gasteiger partial charge is 0.307 e. The molecular formula is C21H22BrN3O4S2. The fourth-order valence-electron chi connectivity index (χ4n) is 3.73. The number of halogens is 1. The zero-order valence-corrected chi connectivity index (χ0v) is 20.1. The Labute approximate surface area is 192 Å². The highest BCUT2D eigenvalue weighted by Gasteiger charge is 2.31. The summed E-state index contributed by atoms with van der Waals surface area (Å²) in [7, 11) is -1.71. The van der Waals surface area contributed by atoms with Gasteiger partial charge in [-0.1, -0.05) is 39.4 Å². The molecule has 0 unspecified atom stereocenters. The molecule has 1 aromatic heterocycles. The van der Waals surface area contributed by atoms with Crippen molar-refractivity contribution >= 4 is 59.1 Å². The number of nitrogens with zero attached hydrogens (tertiary/aromatic N) is 2. The second-order valence-corrected chi connectivity index (χ2v) is 11.5. The van der Waals surface area contributed by atoms with Crippen molar-refractivity contribution < 1.29 is 13.2 Å². The summed E-state index contributed by atoms with van der Waals surface area (Å²) in [6, 6.07) is 12.6. The number of amides is 1. The van der Waals surface area contributed by atoms with E-state index < -0.39 is 10.0 Å². The van der Waals surface area contributed by atoms with Gasteiger partial charge >= 0.3 is 4.87 Å². The number of hydrogen-bond donors (Lipinski definition) is 1. The van der Waals surface area contributed by atoms with Crippen LogP contribution in [-0.2, 0) is 27.6 Å². The van der Waals surface area contributed by atoms with E-state index in [1.165, 1.54) is 4.31 Å². The first-order valence-corrected chi connectivity index (χ1v) is 13.1. The SMILES string of the molecule is Cn1c(=O)sc2cc(NC(=O)C3CCN(S(=O)(=O)Cc4ccc(Br)cc4)CC3)ccc21. The van der Waals surface area contributed by atoms with Crippen molar-refractivity contribution in [1.82, 2.24) is 8.87 Å². The first kappa shape index (κ1) is 22.2. The summed E-state index contributed by atoms with van der Waals surface area (Å²) in [6.07, 6.45) is 0.957. The molecule has 164 valence electrons. The third-order valence-electron chi connectivity index (χ3n) is 5.54. The van der Waals surface area contributed by atoms with Crippen molar-refractivity contribution in [3.8, 4) is 0 Å². The van der Waals surface area contributed by atoms with Gasteiger partial charge in [0.05, 0.1) is 16.0 Å². The Bertz CT molecular complexity index is 1270. The van der Waals surface area contributed by atoms with Gasteiger partial charge in [0.2, 0.25) is 15.9 Å². The van der Waals surface area contributed by atoms with Gasteiger partial charge in [0.15, 0.2) is 0 Å². The average Bonchev–Trinajstić information content (AvgIpc) is 3.03. The second-order valence-electron chi connectivity index (χ2n) is 7.65. The van der Waals surface area contributed by atoms with Gasteiger partial charge < -0.3 is 9.88 Å². The maximum atomic E-state index is 12.7. The molecule has 0 radical (unpaired) electrons. The third-order valence-corrected chi connectivity index (χ3v) is 8.91. The highest BCUT2D eigenvalue weighted by atomic mass is 79.9. The van der Waals surface area contributed by atoms with E-state index in [0.29, 0.717) is 31.6 Å². The molecule has 2 aromatic carbocycles. The molecule has 0 bridgehead atoms. The molecule has 31 heavy (non-hydrogen) atoms. The largest absolute Gasteiger partial charge is 0.326 e. The molecule has 1 N–H and O–H groups in total. The van der Waals surface area contributed by atoms with Crippen LogP contribution in [-0.4, -0.2) is 36.3 Å². The van der Waals surface area contributed by atoms with Gasteiger partial charge in [-0.2, -0.15) is 0 Å². The van der Waals surface area contributed by atoms with Gasteiger partial charge in [-0.25, -0.2) is 12.7 Å². The molecule has 0 aliphatic carbocycles. The normalized spacial score (nSPS) is 15.9. The Morgan fingerprint density at radius 2 is 1.84 bits per heavy atom. The predicted octanol–water partition coefficient (Wildman–Crippen LogP) is 3.54. The van der Waals surface area contributed by atoms with Gasteiger partial charge in [0.1, 0.15) is 0 Å². The van der Waals surface area contributed by atoms with Crippen LogP contribution >= 0.6 is 27.3 Å². The molecule has 4 rings (SSSR count). The summed E-state index contributed by atoms with van der Waals surface area (Å²) in [6.45, 7) is 0.659. The Morgan fingerprint density at radius 3 is 2.52 bits per heavy atom. The van der Waals surface area contributed by atoms with Gasteiger partial charge in [-0.05, 0) is 48.7 Å². The first-order chi connectivity index (χ1) is 14.7. The van der Waals surface area contributed by atoms with E-state index >= 15 is 0 Å². The minimum atomic E-state index is -3.43. The lowest BCUT2D eigenvalue weighted by Gasteiger charge is -2.30. The van der Waals surface area contributed by atoms with Crippen molar-refractivity contribution in [3.63, 3.8) is 0 Å². The van der Waals surface area contributed by atoms with Gasteiger partial charge in [0, 0.05) is 36.2 Å². The molecule has 1 aliphatic rings. The molecule has 3 aromatic rings. The van der Waals surface area contributed by atoms with Crippen molar-refractivity contribution in [2.45, 2.75) is 18.6 Å². The molecule has 1 aliphatic heterocycles. The molecule has 0 atom stereocenters. The fraction of sp³-hybridized carbons (Fsp3) is 0.333. The predicted molar refractivity (Wildman–Crippen MR) is 127 cm³/mol. The van der Waals surface area contributed by atoms with E-state index in [2.05, 4.69) is 21.2 Å². The van der Waals surface area contributed by atoms with E-state index in [9.17, 15) is 18.0 Å². The maximum Gasteiger partial charge on any atom is 0.307 e. The molecule has 1 amide bonds. The van der Waals surface area contributed by atoms with Gasteiger partial charge in [-0.3, -0.25) is 9.59 Å². The Hall–Kier alpha value is -2.01. The molecule has 7 nitrogen and oxygen atoms in total. The molecule has 10 heteroatoms. The minimum absolute atomic E-state index is 0.0445. The van der Waals surface area contributed by atoms with Gasteiger partial charge in [-0.15, -0.1) is 0 Å². The van der Waals surface area contributed by atoms with E-state index in [1.54, 1.807) is 35.9 Å². The lowest BCUT2D eigenvalue weighted by atomic mass is 9.97. The molecule has 2 heterocycles. The molecule has 1 fully saturated rings. The van der Waals surface area contributed by atoms with E-state index in [1.807, 2.05) is 18.2 Å². The third kappa shape index (κ3) is 4.92. The Morgan fingerprint density at radius 1 is 1.16 bits per heavy atom. The number of piperidine rings is 1. The summed E-state index contributed by atoms with van der Waals surface area (Å²) in [4.78, 5) is 24.5. The fourth-order valence-corrected chi connectivity index (χ4v) is 6.48. The van der Waals surface area contributed by atoms with E-state index in [4.69, 9.17) is 0 Å². The van der Waals surface area contributed by atoms with Crippen LogP contribution in [0, 0.1) is 5.92 Å². The lowest BCUT2D eigenvalue weighted by molar-refractivity contribution is -0.120. The molecule has 0 spiro atoms. The molecule has 1 saturated heterocycles. The summed E-state index contributed by atoms with van der Waals surface area (Å²) < 4.78 is 30.3. The van der Waals surface area contributed by atoms with Crippen LogP contribution in [0.5, 0.6) is 0 Å². The summed E-state index contributed by atoms with van der Waals surface area (Å²) in [5.74, 6) is -0.408. The number of aryl methyl sites for hydroxylation is 1. The van der Waals surface area contributed by atoms with Crippen LogP contribution in [0.1, 0.15) is 18.4 Å². The number of aromatic nitrogens is 1. The Kier molecular flexibility index (Phi) is 6.34. The van der Waals surface area contributed by atoms with Crippen molar-refractivity contribution in [3.05, 3.63) is 62.2 Å². The Balaban J connectivity index is 1.36. The van der Waals surface area contributed by atoms with E-state index in [-0.39, 0.29) is 22.5 Å². The molecular weight excluding hydrogens is 502 g/mol. The number of rotatable bonds is 5. The summed E-state index contributed by atoms with van der Waals surface area (Å²) in [5, 5.41) is 2.92. The maximum absolute atomic E-state index is 12.7. The number of sulfonamides is 1. The highest BCUT2D eigenvalue weighted by Crippen LogP contribution is 2.25. The van der Waals surface area contributed by atoms with Crippen molar-refractivity contribution in [2.75, 3.05) is 18.4 Å². The number of fused-ring (bicyclic) bond motifs is 1. The van der Waals surface area contributed by atoms with Crippen LogP contribution in [0.15, 0.2) is 51.7 Å². The minimum Gasteiger partial charge on any atom is -0.326 e. The van der Waals surface area contributed by atoms with Crippen LogP contribution < -0.4 is 10.2 Å². The van der Waals surface area contributed by atoms with Crippen molar-refractivity contribution in [1.29, 1.82) is 0 Å². The van der Waals surface area contributed by atoms with Crippen molar-refractivity contribution in [2.24, 2.45) is 13.0 Å². The first-order valence-electron chi connectivity index (χ1n) is 9.86. The monoisotopic (exact) mass is 523 g/mol. The topological polar surface area (TPSA) is 88.5 Å². The number of hydrogen-bond acceptors (Lipinski definition) is 5. The number of benzene rings is 2. The average molecular weight is 524 g/mol. The zero-order valence-electron chi connectivity index (χ0n) is 16.9. The standard InChI is InChI=1S/C21H22BrN3O4S2/c1-24-18-7-6-17(12-19(18)30-21(24)27)23-20(26)15-8-10-25(11-9-15)31(28,29)13-14-2-4-16(22)5-3-14/h2-7,12,15H,8-11,13H2,1H3,(H,23,26). The highest BCUT2D eigenvalue weighted by molar-refractivity contribution is 9.10. The number of carbonyl (C=O) groups excluding carboxylic acids is 1. The zero-order chi connectivity index (χ0) is 22.2. The molecule has 0 saturated carbocycles. The van der Waals surface area contributed by atoms with Crippen LogP contribution in [0.4, 0.5) is 5.69 Å². The number of nitrogens with one attached hydrogen (secondary N) is 1. The van der Waals surface area contributed by atoms with Crippen LogP contribution in [0.3, 0.4) is 0 Å². The quantitative estimate of drug-likeness (QED) is 0.553. The number of anilines is 1. The van der Waals surface area contributed by atoms with Gasteiger partial charge in [0.25, 0.3) is 0 Å².